The summed E-state index contributed by atoms with van der Waals surface area (Å²) in [6, 6.07) is 23.7. The van der Waals surface area contributed by atoms with Crippen LogP contribution in [0.1, 0.15) is 64.9 Å². The Hall–Kier alpha value is -5.76. The normalized spacial score (nSPS) is 22.8. The summed E-state index contributed by atoms with van der Waals surface area (Å²) in [5.74, 6) is -2.27. The molecular formula is C47H53N5O8S. The zero-order valence-electron chi connectivity index (χ0n) is 35.1. The Morgan fingerprint density at radius 1 is 1.02 bits per heavy atom. The Labute approximate surface area is 356 Å². The van der Waals surface area contributed by atoms with Gasteiger partial charge in [0.25, 0.3) is 5.91 Å². The summed E-state index contributed by atoms with van der Waals surface area (Å²) < 4.78 is 40.3. The summed E-state index contributed by atoms with van der Waals surface area (Å²) in [5.41, 5.74) is 1.81. The number of hydrogen-bond donors (Lipinski definition) is 2. The van der Waals surface area contributed by atoms with Crippen LogP contribution in [-0.4, -0.2) is 85.1 Å². The number of benzene rings is 3. The van der Waals surface area contributed by atoms with Gasteiger partial charge in [-0.05, 0) is 61.3 Å². The standard InChI is InChI=1S/C47H53N5O8S/c1-6-31-27-47(31,45(56)50-61(57,58)34-19-20-34)49-43(54)40-24-33(60-41-26-37(29-13-8-7-9-14-29)48-38-23-32(59-5)18-21-35(38)41)28-52(40)44(55)36(46(2,3)4)25-42(53)51-22-12-16-30-15-10-11-17-39(30)51/h6-11,13-15,17-18,21,23,26,31,33-34,36,40H,1,12,16,19-20,22,24-25,27-28H2,2-5H3,(H,49,54)(H,50,56)/t31?,33-,36?,40+,47?/m1/s1. The number of ether oxygens (including phenoxy) is 2. The van der Waals surface area contributed by atoms with Gasteiger partial charge in [-0.1, -0.05) is 75.4 Å². The molecule has 320 valence electrons. The molecule has 4 aliphatic rings. The fourth-order valence-corrected chi connectivity index (χ4v) is 10.1. The van der Waals surface area contributed by atoms with E-state index in [0.717, 1.165) is 29.7 Å². The van der Waals surface area contributed by atoms with E-state index in [9.17, 15) is 22.8 Å². The van der Waals surface area contributed by atoms with E-state index in [1.807, 2.05) is 99.6 Å². The molecule has 1 saturated heterocycles. The number of rotatable bonds is 13. The maximum absolute atomic E-state index is 15.1. The Morgan fingerprint density at radius 2 is 1.75 bits per heavy atom. The highest BCUT2D eigenvalue weighted by atomic mass is 32.2. The van der Waals surface area contributed by atoms with E-state index in [2.05, 4.69) is 16.6 Å². The molecule has 2 N–H and O–H groups in total. The van der Waals surface area contributed by atoms with Gasteiger partial charge < -0.3 is 24.6 Å². The van der Waals surface area contributed by atoms with Crippen molar-refractivity contribution in [1.82, 2.24) is 19.9 Å². The predicted octanol–water partition coefficient (Wildman–Crippen LogP) is 5.96. The largest absolute Gasteiger partial charge is 0.497 e. The fraction of sp³-hybridized carbons (Fsp3) is 0.426. The molecular weight excluding hydrogens is 795 g/mol. The van der Waals surface area contributed by atoms with Crippen molar-refractivity contribution in [2.75, 3.05) is 25.1 Å². The average Bonchev–Trinajstić information content (AvgIpc) is 4.18. The van der Waals surface area contributed by atoms with Gasteiger partial charge in [0.05, 0.1) is 36.0 Å². The Bertz CT molecular complexity index is 2500. The maximum Gasteiger partial charge on any atom is 0.259 e. The number of hydrogen-bond acceptors (Lipinski definition) is 9. The van der Waals surface area contributed by atoms with Crippen molar-refractivity contribution < 1.29 is 37.1 Å². The van der Waals surface area contributed by atoms with Crippen molar-refractivity contribution in [1.29, 1.82) is 0 Å². The van der Waals surface area contributed by atoms with E-state index >= 15 is 4.79 Å². The lowest BCUT2D eigenvalue weighted by molar-refractivity contribution is -0.146. The molecule has 13 nitrogen and oxygen atoms in total. The molecule has 3 heterocycles. The molecule has 3 aromatic carbocycles. The van der Waals surface area contributed by atoms with Crippen LogP contribution < -0.4 is 24.4 Å². The number of nitrogens with one attached hydrogen (secondary N) is 2. The minimum atomic E-state index is -3.92. The number of sulfonamides is 1. The molecule has 8 rings (SSSR count). The van der Waals surface area contributed by atoms with Crippen LogP contribution in [0.4, 0.5) is 5.69 Å². The highest BCUT2D eigenvalue weighted by Crippen LogP contribution is 2.46. The van der Waals surface area contributed by atoms with Crippen LogP contribution in [0.5, 0.6) is 11.5 Å². The van der Waals surface area contributed by atoms with E-state index in [1.54, 1.807) is 12.0 Å². The molecule has 1 aromatic heterocycles. The summed E-state index contributed by atoms with van der Waals surface area (Å²) in [4.78, 5) is 65.9. The van der Waals surface area contributed by atoms with Gasteiger partial charge in [-0.25, -0.2) is 13.4 Å². The molecule has 2 aliphatic carbocycles. The summed E-state index contributed by atoms with van der Waals surface area (Å²) >= 11 is 0. The van der Waals surface area contributed by atoms with Gasteiger partial charge in [0, 0.05) is 54.1 Å². The van der Waals surface area contributed by atoms with Crippen LogP contribution in [0.25, 0.3) is 22.2 Å². The second kappa shape index (κ2) is 16.3. The van der Waals surface area contributed by atoms with E-state index in [-0.39, 0.29) is 31.7 Å². The highest BCUT2D eigenvalue weighted by molar-refractivity contribution is 7.91. The molecule has 0 radical (unpaired) electrons. The van der Waals surface area contributed by atoms with Crippen LogP contribution in [0.3, 0.4) is 0 Å². The number of carbonyl (C=O) groups is 4. The van der Waals surface area contributed by atoms with Gasteiger partial charge in [-0.3, -0.25) is 23.9 Å². The molecule has 3 fully saturated rings. The first kappa shape index (κ1) is 42.0. The second-order valence-electron chi connectivity index (χ2n) is 17.8. The second-order valence-corrected chi connectivity index (χ2v) is 19.8. The minimum absolute atomic E-state index is 0.00498. The number of anilines is 1. The van der Waals surface area contributed by atoms with Gasteiger partial charge in [-0.2, -0.15) is 0 Å². The maximum atomic E-state index is 15.1. The first-order valence-corrected chi connectivity index (χ1v) is 22.6. The Kier molecular flexibility index (Phi) is 11.2. The molecule has 3 unspecified atom stereocenters. The molecule has 0 spiro atoms. The van der Waals surface area contributed by atoms with Gasteiger partial charge in [-0.15, -0.1) is 6.58 Å². The van der Waals surface area contributed by atoms with E-state index < -0.39 is 67.9 Å². The topological polar surface area (TPSA) is 164 Å². The predicted molar refractivity (Wildman–Crippen MR) is 232 cm³/mol. The third kappa shape index (κ3) is 8.46. The molecule has 4 amide bonds. The molecule has 2 aliphatic heterocycles. The number of carbonyl (C=O) groups excluding carboxylic acids is 4. The van der Waals surface area contributed by atoms with Crippen molar-refractivity contribution >= 4 is 50.2 Å². The SMILES string of the molecule is C=CC1CC1(NC(=O)[C@@H]1C[C@@H](Oc2cc(-c3ccccc3)nc3cc(OC)ccc23)CN1C(=O)C(CC(=O)N1CCCc2ccccc21)C(C)(C)C)C(=O)NS(=O)(=O)C1CC1. The number of pyridine rings is 1. The fourth-order valence-electron chi connectivity index (χ4n) is 8.77. The summed E-state index contributed by atoms with van der Waals surface area (Å²) in [5, 5.41) is 2.94. The zero-order chi connectivity index (χ0) is 43.3. The number of fused-ring (bicyclic) bond motifs is 2. The third-order valence-electron chi connectivity index (χ3n) is 12.6. The number of para-hydroxylation sites is 1. The molecule has 4 aromatic rings. The van der Waals surface area contributed by atoms with Crippen molar-refractivity contribution in [2.24, 2.45) is 17.3 Å². The van der Waals surface area contributed by atoms with Crippen molar-refractivity contribution in [3.8, 4) is 22.8 Å². The lowest BCUT2D eigenvalue weighted by Crippen LogP contribution is -2.57. The van der Waals surface area contributed by atoms with Crippen LogP contribution >= 0.6 is 0 Å². The van der Waals surface area contributed by atoms with Gasteiger partial charge >= 0.3 is 0 Å². The van der Waals surface area contributed by atoms with Crippen LogP contribution in [-0.2, 0) is 35.6 Å². The lowest BCUT2D eigenvalue weighted by atomic mass is 9.77. The van der Waals surface area contributed by atoms with Crippen LogP contribution in [0, 0.1) is 17.3 Å². The van der Waals surface area contributed by atoms with E-state index in [0.29, 0.717) is 47.5 Å². The quantitative estimate of drug-likeness (QED) is 0.155. The number of aryl methyl sites for hydroxylation is 1. The van der Waals surface area contributed by atoms with Crippen LogP contribution in [0.2, 0.25) is 0 Å². The van der Waals surface area contributed by atoms with Crippen molar-refractivity contribution in [3.63, 3.8) is 0 Å². The minimum Gasteiger partial charge on any atom is -0.497 e. The Balaban J connectivity index is 1.12. The molecule has 14 heteroatoms. The summed E-state index contributed by atoms with van der Waals surface area (Å²) in [6.07, 6.45) is 3.53. The van der Waals surface area contributed by atoms with Crippen molar-refractivity contribution in [2.45, 2.75) is 88.7 Å². The molecule has 61 heavy (non-hydrogen) atoms. The summed E-state index contributed by atoms with van der Waals surface area (Å²) in [6.45, 7) is 10.1. The van der Waals surface area contributed by atoms with Gasteiger partial charge in [0.1, 0.15) is 29.2 Å². The Morgan fingerprint density at radius 3 is 2.44 bits per heavy atom. The van der Waals surface area contributed by atoms with E-state index in [4.69, 9.17) is 14.5 Å². The van der Waals surface area contributed by atoms with E-state index in [1.165, 1.54) is 11.0 Å². The lowest BCUT2D eigenvalue weighted by Gasteiger charge is -2.37. The number of methoxy groups -OCH3 is 1. The van der Waals surface area contributed by atoms with Crippen molar-refractivity contribution in [3.05, 3.63) is 97.1 Å². The van der Waals surface area contributed by atoms with Crippen LogP contribution in [0.15, 0.2) is 91.5 Å². The molecule has 2 saturated carbocycles. The zero-order valence-corrected chi connectivity index (χ0v) is 35.9. The molecule has 0 bridgehead atoms. The first-order valence-electron chi connectivity index (χ1n) is 21.0. The number of aromatic nitrogens is 1. The average molecular weight is 848 g/mol. The highest BCUT2D eigenvalue weighted by Gasteiger charge is 2.62. The number of amides is 4. The molecule has 5 atom stereocenters. The third-order valence-corrected chi connectivity index (χ3v) is 14.4. The van der Waals surface area contributed by atoms with Gasteiger partial charge in [0.2, 0.25) is 27.7 Å². The summed E-state index contributed by atoms with van der Waals surface area (Å²) in [7, 11) is -2.33. The monoisotopic (exact) mass is 847 g/mol. The number of nitrogens with zero attached hydrogens (tertiary/aromatic N) is 3. The smallest absolute Gasteiger partial charge is 0.259 e. The van der Waals surface area contributed by atoms with Gasteiger partial charge in [0.15, 0.2) is 0 Å². The number of likely N-dealkylation sites (tertiary alicyclic amines) is 1. The first-order chi connectivity index (χ1) is 29.1.